The molecule has 0 aliphatic heterocycles. The molecule has 0 atom stereocenters. The normalized spacial score (nSPS) is 8.83. The van der Waals surface area contributed by atoms with E-state index in [2.05, 4.69) is 0 Å². The molecule has 0 saturated carbocycles. The number of carbonyl (C=O) groups is 1. The molecule has 0 amide bonds. The summed E-state index contributed by atoms with van der Waals surface area (Å²) in [6.07, 6.45) is 0. The van der Waals surface area contributed by atoms with Gasteiger partial charge in [0, 0.05) is 0 Å². The molecule has 0 aliphatic carbocycles. The molecule has 0 aromatic heterocycles. The molecule has 0 radical (unpaired) electrons. The molecule has 0 aliphatic rings. The molecule has 5 heteroatoms. The first-order chi connectivity index (χ1) is 5.13. The predicted octanol–water partition coefficient (Wildman–Crippen LogP) is 2.04. The van der Waals surface area contributed by atoms with Gasteiger partial charge in [-0.05, 0) is 12.1 Å². The number of hydrogen-bond acceptors (Lipinski definition) is 1. The fourth-order valence-corrected chi connectivity index (χ4v) is 1.05. The summed E-state index contributed by atoms with van der Waals surface area (Å²) in [6, 6.07) is 4.48. The second-order valence-corrected chi connectivity index (χ2v) is 2.69. The summed E-state index contributed by atoms with van der Waals surface area (Å²) in [5.41, 5.74) is 0.0270. The molecule has 0 unspecified atom stereocenters. The Morgan fingerprint density at radius 2 is 1.92 bits per heavy atom. The minimum atomic E-state index is -1.07. The topological polar surface area (TPSA) is 37.3 Å². The van der Waals surface area contributed by atoms with Crippen molar-refractivity contribution < 1.29 is 9.90 Å². The zero-order chi connectivity index (χ0) is 8.43. The van der Waals surface area contributed by atoms with Crippen LogP contribution in [0.3, 0.4) is 0 Å². The van der Waals surface area contributed by atoms with Crippen LogP contribution in [0.15, 0.2) is 18.2 Å². The van der Waals surface area contributed by atoms with Crippen molar-refractivity contribution in [2.45, 2.75) is 0 Å². The van der Waals surface area contributed by atoms with Gasteiger partial charge < -0.3 is 5.11 Å². The second-order valence-electron chi connectivity index (χ2n) is 1.91. The van der Waals surface area contributed by atoms with Crippen molar-refractivity contribution >= 4 is 58.7 Å². The van der Waals surface area contributed by atoms with Gasteiger partial charge in [-0.3, -0.25) is 0 Å². The van der Waals surface area contributed by atoms with Crippen LogP contribution in [0.1, 0.15) is 10.4 Å². The third-order valence-corrected chi connectivity index (χ3v) is 2.00. The van der Waals surface area contributed by atoms with E-state index >= 15 is 0 Å². The first kappa shape index (κ1) is 12.3. The molecule has 60 valence electrons. The summed E-state index contributed by atoms with van der Waals surface area (Å²) in [6.45, 7) is 0. The molecule has 0 spiro atoms. The van der Waals surface area contributed by atoms with Gasteiger partial charge in [0.2, 0.25) is 0 Å². The van der Waals surface area contributed by atoms with Crippen LogP contribution in [0.25, 0.3) is 0 Å². The van der Waals surface area contributed by atoms with E-state index in [1.807, 2.05) is 0 Å². The number of rotatable bonds is 1. The third-order valence-electron chi connectivity index (χ3n) is 1.18. The van der Waals surface area contributed by atoms with Gasteiger partial charge in [-0.2, -0.15) is 0 Å². The summed E-state index contributed by atoms with van der Waals surface area (Å²) >= 11 is 11.1. The van der Waals surface area contributed by atoms with Gasteiger partial charge in [-0.15, -0.1) is 0 Å². The van der Waals surface area contributed by atoms with E-state index in [1.54, 1.807) is 0 Å². The SMILES string of the molecule is O=C(O)c1cccc(Cl)c1Cl.[NaH]. The molecule has 0 heterocycles. The molecular weight excluding hydrogens is 210 g/mol. The van der Waals surface area contributed by atoms with Gasteiger partial charge in [-0.25, -0.2) is 4.79 Å². The summed E-state index contributed by atoms with van der Waals surface area (Å²) in [4.78, 5) is 10.4. The van der Waals surface area contributed by atoms with E-state index in [1.165, 1.54) is 18.2 Å². The number of halogens is 2. The fraction of sp³-hybridized carbons (Fsp3) is 0. The number of benzene rings is 1. The maximum absolute atomic E-state index is 10.4. The van der Waals surface area contributed by atoms with Crippen molar-refractivity contribution in [3.8, 4) is 0 Å². The van der Waals surface area contributed by atoms with Crippen molar-refractivity contribution in [3.63, 3.8) is 0 Å². The van der Waals surface area contributed by atoms with Crippen LogP contribution < -0.4 is 0 Å². The first-order valence-electron chi connectivity index (χ1n) is 2.80. The van der Waals surface area contributed by atoms with Crippen LogP contribution in [0, 0.1) is 0 Å². The average Bonchev–Trinajstić information content (AvgIpc) is 1.94. The molecule has 0 saturated heterocycles. The number of carboxylic acid groups (broad SMARTS) is 1. The summed E-state index contributed by atoms with van der Waals surface area (Å²) < 4.78 is 0. The Bertz CT molecular complexity index is 301. The quantitative estimate of drug-likeness (QED) is 0.727. The van der Waals surface area contributed by atoms with Gasteiger partial charge >= 0.3 is 35.5 Å². The van der Waals surface area contributed by atoms with E-state index < -0.39 is 5.97 Å². The Kier molecular flexibility index (Phi) is 5.21. The van der Waals surface area contributed by atoms with Gasteiger partial charge in [0.15, 0.2) is 0 Å². The molecule has 0 bridgehead atoms. The Morgan fingerprint density at radius 3 is 2.33 bits per heavy atom. The summed E-state index contributed by atoms with van der Waals surface area (Å²) in [5, 5.41) is 8.89. The Balaban J connectivity index is 0.00000121. The molecular formula is C7H5Cl2NaO2. The van der Waals surface area contributed by atoms with E-state index in [0.717, 1.165) is 0 Å². The van der Waals surface area contributed by atoms with Crippen molar-refractivity contribution in [2.75, 3.05) is 0 Å². The van der Waals surface area contributed by atoms with E-state index in [0.29, 0.717) is 0 Å². The molecule has 1 aromatic rings. The van der Waals surface area contributed by atoms with Crippen LogP contribution >= 0.6 is 23.2 Å². The number of hydrogen-bond donors (Lipinski definition) is 1. The third kappa shape index (κ3) is 2.64. The van der Waals surface area contributed by atoms with Crippen molar-refractivity contribution in [3.05, 3.63) is 33.8 Å². The maximum atomic E-state index is 10.4. The number of aromatic carboxylic acids is 1. The van der Waals surface area contributed by atoms with Crippen LogP contribution in [0.5, 0.6) is 0 Å². The van der Waals surface area contributed by atoms with Crippen molar-refractivity contribution in [1.82, 2.24) is 0 Å². The summed E-state index contributed by atoms with van der Waals surface area (Å²) in [7, 11) is 0. The number of carboxylic acids is 1. The van der Waals surface area contributed by atoms with Gasteiger partial charge in [0.25, 0.3) is 0 Å². The molecule has 1 rings (SSSR count). The van der Waals surface area contributed by atoms with Crippen molar-refractivity contribution in [1.29, 1.82) is 0 Å². The second kappa shape index (κ2) is 5.10. The summed E-state index contributed by atoms with van der Waals surface area (Å²) in [5.74, 6) is -1.07. The first-order valence-corrected chi connectivity index (χ1v) is 3.56. The molecule has 1 aromatic carbocycles. The van der Waals surface area contributed by atoms with Crippen LogP contribution in [0.2, 0.25) is 10.0 Å². The zero-order valence-electron chi connectivity index (χ0n) is 5.34. The minimum absolute atomic E-state index is 0. The predicted molar refractivity (Wildman–Crippen MR) is 50.6 cm³/mol. The van der Waals surface area contributed by atoms with E-state index in [-0.39, 0.29) is 45.2 Å². The Hall–Kier alpha value is 0.270. The molecule has 2 nitrogen and oxygen atoms in total. The average molecular weight is 215 g/mol. The monoisotopic (exact) mass is 214 g/mol. The molecule has 12 heavy (non-hydrogen) atoms. The van der Waals surface area contributed by atoms with E-state index in [9.17, 15) is 4.79 Å². The van der Waals surface area contributed by atoms with Crippen molar-refractivity contribution in [2.24, 2.45) is 0 Å². The Morgan fingerprint density at radius 1 is 1.33 bits per heavy atom. The van der Waals surface area contributed by atoms with Gasteiger partial charge in [-0.1, -0.05) is 29.3 Å². The molecule has 1 N–H and O–H groups in total. The molecule has 0 fully saturated rings. The van der Waals surface area contributed by atoms with Crippen LogP contribution in [-0.4, -0.2) is 40.6 Å². The standard InChI is InChI=1S/C7H4Cl2O2.Na.H/c8-5-3-1-2-4(6(5)9)7(10)11;;/h1-3H,(H,10,11);;. The fourth-order valence-electron chi connectivity index (χ4n) is 0.669. The Labute approximate surface area is 102 Å². The van der Waals surface area contributed by atoms with Gasteiger partial charge in [0.1, 0.15) is 0 Å². The van der Waals surface area contributed by atoms with Gasteiger partial charge in [0.05, 0.1) is 15.6 Å². The van der Waals surface area contributed by atoms with Crippen LogP contribution in [-0.2, 0) is 0 Å². The van der Waals surface area contributed by atoms with Crippen LogP contribution in [0.4, 0.5) is 0 Å². The zero-order valence-corrected chi connectivity index (χ0v) is 6.86. The van der Waals surface area contributed by atoms with E-state index in [4.69, 9.17) is 28.3 Å².